The van der Waals surface area contributed by atoms with Gasteiger partial charge in [-0.1, -0.05) is 18.2 Å². The van der Waals surface area contributed by atoms with Crippen molar-refractivity contribution in [2.75, 3.05) is 0 Å². The Morgan fingerprint density at radius 3 is 2.64 bits per heavy atom. The van der Waals surface area contributed by atoms with Crippen molar-refractivity contribution in [3.8, 4) is 5.75 Å². The fraction of sp³-hybridized carbons (Fsp3) is 0.0588. The highest BCUT2D eigenvalue weighted by Crippen LogP contribution is 2.25. The number of nitrogens with zero attached hydrogens (tertiary/aromatic N) is 1. The van der Waals surface area contributed by atoms with E-state index in [0.29, 0.717) is 11.3 Å². The molecule has 5 heteroatoms. The molecule has 0 aliphatic carbocycles. The van der Waals surface area contributed by atoms with Gasteiger partial charge in [-0.2, -0.15) is 5.10 Å². The maximum Gasteiger partial charge on any atom is 0.272 e. The number of thiophene rings is 1. The molecule has 1 aromatic heterocycles. The molecule has 0 spiro atoms. The van der Waals surface area contributed by atoms with Crippen molar-refractivity contribution in [3.05, 3.63) is 65.0 Å². The van der Waals surface area contributed by atoms with Gasteiger partial charge in [-0.15, -0.1) is 11.3 Å². The Labute approximate surface area is 131 Å². The van der Waals surface area contributed by atoms with E-state index in [1.807, 2.05) is 29.6 Å². The minimum absolute atomic E-state index is 0.199. The molecule has 0 saturated carbocycles. The standard InChI is InChI=1S/C17H14N2O2S/c1-11(12-6-8-13(20)9-7-12)18-19-17(21)15-10-22-16-5-3-2-4-14(15)16/h2-10,20H,1H3,(H,19,21)/b18-11+. The summed E-state index contributed by atoms with van der Waals surface area (Å²) in [7, 11) is 0. The average Bonchev–Trinajstić information content (AvgIpc) is 2.97. The lowest BCUT2D eigenvalue weighted by atomic mass is 10.1. The minimum Gasteiger partial charge on any atom is -0.508 e. The third-order valence-corrected chi connectivity index (χ3v) is 4.30. The van der Waals surface area contributed by atoms with Gasteiger partial charge in [-0.05, 0) is 42.8 Å². The Hall–Kier alpha value is -2.66. The van der Waals surface area contributed by atoms with Crippen molar-refractivity contribution >= 4 is 33.0 Å². The number of hydrogen-bond acceptors (Lipinski definition) is 4. The van der Waals surface area contributed by atoms with E-state index in [4.69, 9.17) is 0 Å². The molecule has 3 aromatic rings. The normalized spacial score (nSPS) is 11.6. The number of phenolic OH excluding ortho intramolecular Hbond substituents is 1. The van der Waals surface area contributed by atoms with Gasteiger partial charge in [0.25, 0.3) is 5.91 Å². The van der Waals surface area contributed by atoms with E-state index in [1.165, 1.54) is 11.3 Å². The fourth-order valence-electron chi connectivity index (χ4n) is 2.12. The maximum absolute atomic E-state index is 12.3. The van der Waals surface area contributed by atoms with E-state index in [2.05, 4.69) is 10.5 Å². The predicted octanol–water partition coefficient (Wildman–Crippen LogP) is 3.76. The maximum atomic E-state index is 12.3. The summed E-state index contributed by atoms with van der Waals surface area (Å²) in [5.41, 5.74) is 4.73. The third kappa shape index (κ3) is 2.84. The molecule has 0 aliphatic rings. The molecule has 0 bridgehead atoms. The van der Waals surface area contributed by atoms with E-state index < -0.39 is 0 Å². The van der Waals surface area contributed by atoms with Crippen molar-refractivity contribution in [3.63, 3.8) is 0 Å². The van der Waals surface area contributed by atoms with Crippen molar-refractivity contribution in [1.29, 1.82) is 0 Å². The number of carbonyl (C=O) groups excluding carboxylic acids is 1. The molecule has 0 atom stereocenters. The Morgan fingerprint density at radius 2 is 1.86 bits per heavy atom. The smallest absolute Gasteiger partial charge is 0.272 e. The zero-order chi connectivity index (χ0) is 15.5. The molecular weight excluding hydrogens is 296 g/mol. The lowest BCUT2D eigenvalue weighted by Crippen LogP contribution is -2.18. The monoisotopic (exact) mass is 310 g/mol. The first-order chi connectivity index (χ1) is 10.6. The van der Waals surface area contributed by atoms with Crippen molar-refractivity contribution in [1.82, 2.24) is 5.43 Å². The van der Waals surface area contributed by atoms with Crippen LogP contribution in [0.5, 0.6) is 5.75 Å². The van der Waals surface area contributed by atoms with E-state index in [0.717, 1.165) is 15.6 Å². The number of carbonyl (C=O) groups is 1. The van der Waals surface area contributed by atoms with Crippen molar-refractivity contribution in [2.24, 2.45) is 5.10 Å². The summed E-state index contributed by atoms with van der Waals surface area (Å²) in [6, 6.07) is 14.5. The van der Waals surface area contributed by atoms with E-state index >= 15 is 0 Å². The summed E-state index contributed by atoms with van der Waals surface area (Å²) >= 11 is 1.54. The van der Waals surface area contributed by atoms with Gasteiger partial charge in [-0.3, -0.25) is 4.79 Å². The molecule has 4 nitrogen and oxygen atoms in total. The SMILES string of the molecule is C/C(=N\NC(=O)c1csc2ccccc12)c1ccc(O)cc1. The van der Waals surface area contributed by atoms with Crippen LogP contribution in [0.15, 0.2) is 59.0 Å². The topological polar surface area (TPSA) is 61.7 Å². The van der Waals surface area contributed by atoms with Crippen LogP contribution in [0, 0.1) is 0 Å². The zero-order valence-electron chi connectivity index (χ0n) is 11.9. The van der Waals surface area contributed by atoms with Crippen LogP contribution in [0.1, 0.15) is 22.8 Å². The van der Waals surface area contributed by atoms with Gasteiger partial charge in [-0.25, -0.2) is 5.43 Å². The molecule has 0 fully saturated rings. The molecule has 2 N–H and O–H groups in total. The van der Waals surface area contributed by atoms with Crippen molar-refractivity contribution in [2.45, 2.75) is 6.92 Å². The number of rotatable bonds is 3. The Kier molecular flexibility index (Phi) is 3.89. The molecule has 110 valence electrons. The second kappa shape index (κ2) is 5.99. The number of benzene rings is 2. The molecular formula is C17H14N2O2S. The van der Waals surface area contributed by atoms with Gasteiger partial charge in [0.15, 0.2) is 0 Å². The molecule has 3 rings (SSSR count). The lowest BCUT2D eigenvalue weighted by Gasteiger charge is -2.03. The Balaban J connectivity index is 1.79. The molecule has 0 unspecified atom stereocenters. The predicted molar refractivity (Wildman–Crippen MR) is 89.6 cm³/mol. The summed E-state index contributed by atoms with van der Waals surface area (Å²) in [5, 5.41) is 16.2. The Bertz CT molecular complexity index is 850. The molecule has 0 saturated heterocycles. The number of aromatic hydroxyl groups is 1. The van der Waals surface area contributed by atoms with Crippen LogP contribution in [0.4, 0.5) is 0 Å². The van der Waals surface area contributed by atoms with Gasteiger partial charge in [0, 0.05) is 15.5 Å². The van der Waals surface area contributed by atoms with Gasteiger partial charge < -0.3 is 5.11 Å². The molecule has 22 heavy (non-hydrogen) atoms. The Morgan fingerprint density at radius 1 is 1.14 bits per heavy atom. The number of fused-ring (bicyclic) bond motifs is 1. The molecule has 1 amide bonds. The summed E-state index contributed by atoms with van der Waals surface area (Å²) in [4.78, 5) is 12.3. The van der Waals surface area contributed by atoms with Crippen molar-refractivity contribution < 1.29 is 9.90 Å². The second-order valence-corrected chi connectivity index (χ2v) is 5.74. The van der Waals surface area contributed by atoms with Crippen LogP contribution in [0.3, 0.4) is 0 Å². The first kappa shape index (κ1) is 14.3. The van der Waals surface area contributed by atoms with Crippen LogP contribution < -0.4 is 5.43 Å². The van der Waals surface area contributed by atoms with E-state index in [1.54, 1.807) is 31.2 Å². The number of amides is 1. The van der Waals surface area contributed by atoms with Gasteiger partial charge in [0.05, 0.1) is 11.3 Å². The summed E-state index contributed by atoms with van der Waals surface area (Å²) < 4.78 is 1.08. The summed E-state index contributed by atoms with van der Waals surface area (Å²) in [6.07, 6.45) is 0. The largest absolute Gasteiger partial charge is 0.508 e. The third-order valence-electron chi connectivity index (χ3n) is 3.34. The zero-order valence-corrected chi connectivity index (χ0v) is 12.7. The number of phenols is 1. The van der Waals surface area contributed by atoms with Gasteiger partial charge >= 0.3 is 0 Å². The highest BCUT2D eigenvalue weighted by atomic mass is 32.1. The van der Waals surface area contributed by atoms with Gasteiger partial charge in [0.1, 0.15) is 5.75 Å². The highest BCUT2D eigenvalue weighted by molar-refractivity contribution is 7.17. The molecule has 0 aliphatic heterocycles. The number of hydrogen-bond donors (Lipinski definition) is 2. The highest BCUT2D eigenvalue weighted by Gasteiger charge is 2.11. The lowest BCUT2D eigenvalue weighted by molar-refractivity contribution is 0.0957. The van der Waals surface area contributed by atoms with Crippen LogP contribution in [0.25, 0.3) is 10.1 Å². The van der Waals surface area contributed by atoms with Gasteiger partial charge in [0.2, 0.25) is 0 Å². The van der Waals surface area contributed by atoms with Crippen LogP contribution >= 0.6 is 11.3 Å². The molecule has 1 heterocycles. The molecule has 0 radical (unpaired) electrons. The van der Waals surface area contributed by atoms with E-state index in [-0.39, 0.29) is 11.7 Å². The quantitative estimate of drug-likeness (QED) is 0.571. The molecule has 2 aromatic carbocycles. The summed E-state index contributed by atoms with van der Waals surface area (Å²) in [6.45, 7) is 1.80. The minimum atomic E-state index is -0.226. The van der Waals surface area contributed by atoms with Crippen LogP contribution in [-0.2, 0) is 0 Å². The van der Waals surface area contributed by atoms with E-state index in [9.17, 15) is 9.90 Å². The number of hydrazone groups is 1. The number of nitrogens with one attached hydrogen (secondary N) is 1. The summed E-state index contributed by atoms with van der Waals surface area (Å²) in [5.74, 6) is -0.0269. The second-order valence-electron chi connectivity index (χ2n) is 4.83. The first-order valence-electron chi connectivity index (χ1n) is 6.75. The average molecular weight is 310 g/mol. The van der Waals surface area contributed by atoms with Crippen LogP contribution in [-0.4, -0.2) is 16.7 Å². The van der Waals surface area contributed by atoms with Crippen LogP contribution in [0.2, 0.25) is 0 Å². The first-order valence-corrected chi connectivity index (χ1v) is 7.63. The fourth-order valence-corrected chi connectivity index (χ4v) is 3.06.